The first kappa shape index (κ1) is 12.4. The molecule has 0 saturated heterocycles. The largest absolute Gasteiger partial charge is 0.261 e. The maximum Gasteiger partial charge on any atom is 0.227 e. The SMILES string of the molecule is CN(CCc1ccccn1)S(=O)(=O)CCl. The normalized spacial score (nSPS) is 11.9. The number of hydrogen-bond donors (Lipinski definition) is 0. The van der Waals surface area contributed by atoms with Crippen LogP contribution in [0.2, 0.25) is 0 Å². The number of nitrogens with zero attached hydrogens (tertiary/aromatic N) is 2. The number of alkyl halides is 1. The molecule has 0 aliphatic rings. The van der Waals surface area contributed by atoms with E-state index in [1.54, 1.807) is 6.20 Å². The Morgan fingerprint density at radius 2 is 2.20 bits per heavy atom. The molecule has 1 heterocycles. The van der Waals surface area contributed by atoms with Crippen molar-refractivity contribution < 1.29 is 8.42 Å². The summed E-state index contributed by atoms with van der Waals surface area (Å²) in [5.74, 6) is 0. The second kappa shape index (κ2) is 5.44. The van der Waals surface area contributed by atoms with Crippen molar-refractivity contribution in [3.63, 3.8) is 0 Å². The molecule has 0 unspecified atom stereocenters. The molecule has 0 aliphatic heterocycles. The van der Waals surface area contributed by atoms with Gasteiger partial charge in [0.1, 0.15) is 5.21 Å². The highest BCUT2D eigenvalue weighted by Gasteiger charge is 2.15. The molecule has 0 spiro atoms. The molecular weight excluding hydrogens is 236 g/mol. The maximum atomic E-state index is 11.3. The van der Waals surface area contributed by atoms with Gasteiger partial charge in [-0.3, -0.25) is 4.98 Å². The first-order valence-electron chi connectivity index (χ1n) is 4.46. The second-order valence-corrected chi connectivity index (χ2v) is 5.77. The van der Waals surface area contributed by atoms with Gasteiger partial charge in [0.2, 0.25) is 10.0 Å². The lowest BCUT2D eigenvalue weighted by Gasteiger charge is -2.14. The van der Waals surface area contributed by atoms with Crippen LogP contribution in [-0.2, 0) is 16.4 Å². The van der Waals surface area contributed by atoms with E-state index in [0.717, 1.165) is 5.69 Å². The van der Waals surface area contributed by atoms with Crippen molar-refractivity contribution in [1.29, 1.82) is 0 Å². The molecule has 0 aliphatic carbocycles. The Labute approximate surface area is 94.9 Å². The number of pyridine rings is 1. The number of aromatic nitrogens is 1. The summed E-state index contributed by atoms with van der Waals surface area (Å²) >= 11 is 5.32. The number of rotatable bonds is 5. The Hall–Kier alpha value is -0.650. The van der Waals surface area contributed by atoms with Crippen LogP contribution in [-0.4, -0.2) is 36.5 Å². The maximum absolute atomic E-state index is 11.3. The van der Waals surface area contributed by atoms with Crippen LogP contribution in [0.4, 0.5) is 0 Å². The number of hydrogen-bond acceptors (Lipinski definition) is 3. The van der Waals surface area contributed by atoms with Gasteiger partial charge in [-0.1, -0.05) is 6.07 Å². The molecule has 0 radical (unpaired) electrons. The molecule has 0 fully saturated rings. The van der Waals surface area contributed by atoms with Crippen molar-refractivity contribution in [2.45, 2.75) is 6.42 Å². The lowest BCUT2D eigenvalue weighted by atomic mass is 10.3. The zero-order chi connectivity index (χ0) is 11.3. The highest BCUT2D eigenvalue weighted by molar-refractivity contribution is 7.90. The van der Waals surface area contributed by atoms with E-state index in [0.29, 0.717) is 13.0 Å². The Kier molecular flexibility index (Phi) is 4.50. The van der Waals surface area contributed by atoms with Gasteiger partial charge in [0, 0.05) is 31.9 Å². The van der Waals surface area contributed by atoms with Crippen LogP contribution in [0.3, 0.4) is 0 Å². The van der Waals surface area contributed by atoms with Crippen molar-refractivity contribution in [2.24, 2.45) is 0 Å². The van der Waals surface area contributed by atoms with Gasteiger partial charge < -0.3 is 0 Å². The van der Waals surface area contributed by atoms with Crippen molar-refractivity contribution in [2.75, 3.05) is 18.8 Å². The van der Waals surface area contributed by atoms with Gasteiger partial charge in [-0.05, 0) is 12.1 Å². The minimum atomic E-state index is -3.30. The predicted molar refractivity (Wildman–Crippen MR) is 60.2 cm³/mol. The van der Waals surface area contributed by atoms with E-state index in [9.17, 15) is 8.42 Å². The highest BCUT2D eigenvalue weighted by Crippen LogP contribution is 2.03. The van der Waals surface area contributed by atoms with Crippen molar-refractivity contribution in [1.82, 2.24) is 9.29 Å². The molecule has 0 N–H and O–H groups in total. The Balaban J connectivity index is 2.52. The van der Waals surface area contributed by atoms with E-state index >= 15 is 0 Å². The van der Waals surface area contributed by atoms with Crippen LogP contribution < -0.4 is 0 Å². The molecule has 0 amide bonds. The summed E-state index contributed by atoms with van der Waals surface area (Å²) in [5.41, 5.74) is 0.870. The van der Waals surface area contributed by atoms with Gasteiger partial charge in [-0.2, -0.15) is 0 Å². The average Bonchev–Trinajstić information content (AvgIpc) is 2.27. The van der Waals surface area contributed by atoms with Gasteiger partial charge in [0.05, 0.1) is 0 Å². The van der Waals surface area contributed by atoms with Crippen LogP contribution >= 0.6 is 11.6 Å². The van der Waals surface area contributed by atoms with Crippen LogP contribution in [0.1, 0.15) is 5.69 Å². The van der Waals surface area contributed by atoms with E-state index in [1.165, 1.54) is 11.4 Å². The summed E-state index contributed by atoms with van der Waals surface area (Å²) in [5, 5.41) is -0.383. The first-order chi connectivity index (χ1) is 7.06. The number of sulfonamides is 1. The summed E-state index contributed by atoms with van der Waals surface area (Å²) in [4.78, 5) is 4.10. The standard InChI is InChI=1S/C9H13ClN2O2S/c1-12(15(13,14)8-10)7-5-9-4-2-3-6-11-9/h2-4,6H,5,7-8H2,1H3. The summed E-state index contributed by atoms with van der Waals surface area (Å²) in [6.07, 6.45) is 2.28. The van der Waals surface area contributed by atoms with Gasteiger partial charge >= 0.3 is 0 Å². The first-order valence-corrected chi connectivity index (χ1v) is 6.60. The van der Waals surface area contributed by atoms with Crippen LogP contribution in [0.15, 0.2) is 24.4 Å². The van der Waals surface area contributed by atoms with E-state index in [-0.39, 0.29) is 5.21 Å². The van der Waals surface area contributed by atoms with Crippen molar-refractivity contribution in [3.8, 4) is 0 Å². The third-order valence-electron chi connectivity index (χ3n) is 2.02. The number of halogens is 1. The summed E-state index contributed by atoms with van der Waals surface area (Å²) in [7, 11) is -1.78. The Bertz CT molecular complexity index is 394. The third-order valence-corrected chi connectivity index (χ3v) is 4.26. The lowest BCUT2D eigenvalue weighted by molar-refractivity contribution is 0.475. The predicted octanol–water partition coefficient (Wildman–Crippen LogP) is 1.08. The fourth-order valence-corrected chi connectivity index (χ4v) is 2.08. The van der Waals surface area contributed by atoms with Gasteiger partial charge in [-0.15, -0.1) is 11.6 Å². The Morgan fingerprint density at radius 3 is 2.73 bits per heavy atom. The summed E-state index contributed by atoms with van der Waals surface area (Å²) < 4.78 is 23.8. The lowest BCUT2D eigenvalue weighted by Crippen LogP contribution is -2.29. The third kappa shape index (κ3) is 3.77. The summed E-state index contributed by atoms with van der Waals surface area (Å²) in [6.45, 7) is 0.395. The monoisotopic (exact) mass is 248 g/mol. The minimum Gasteiger partial charge on any atom is -0.261 e. The van der Waals surface area contributed by atoms with E-state index in [4.69, 9.17) is 11.6 Å². The smallest absolute Gasteiger partial charge is 0.227 e. The van der Waals surface area contributed by atoms with Crippen molar-refractivity contribution >= 4 is 21.6 Å². The molecule has 1 rings (SSSR count). The topological polar surface area (TPSA) is 50.3 Å². The van der Waals surface area contributed by atoms with Crippen LogP contribution in [0.5, 0.6) is 0 Å². The van der Waals surface area contributed by atoms with Gasteiger partial charge in [0.25, 0.3) is 0 Å². The fraction of sp³-hybridized carbons (Fsp3) is 0.444. The molecule has 1 aromatic heterocycles. The molecule has 4 nitrogen and oxygen atoms in total. The van der Waals surface area contributed by atoms with E-state index in [1.807, 2.05) is 18.2 Å². The minimum absolute atomic E-state index is 0.383. The fourth-order valence-electron chi connectivity index (χ4n) is 1.04. The van der Waals surface area contributed by atoms with Gasteiger partial charge in [0.15, 0.2) is 0 Å². The average molecular weight is 249 g/mol. The molecule has 0 atom stereocenters. The zero-order valence-corrected chi connectivity index (χ0v) is 10.0. The Morgan fingerprint density at radius 1 is 1.47 bits per heavy atom. The molecule has 1 aromatic rings. The highest BCUT2D eigenvalue weighted by atomic mass is 35.5. The molecule has 0 aromatic carbocycles. The van der Waals surface area contributed by atoms with E-state index < -0.39 is 10.0 Å². The van der Waals surface area contributed by atoms with E-state index in [2.05, 4.69) is 4.98 Å². The molecule has 0 bridgehead atoms. The molecular formula is C9H13ClN2O2S. The molecule has 6 heteroatoms. The molecule has 84 valence electrons. The second-order valence-electron chi connectivity index (χ2n) is 3.11. The van der Waals surface area contributed by atoms with Crippen LogP contribution in [0.25, 0.3) is 0 Å². The summed E-state index contributed by atoms with van der Waals surface area (Å²) in [6, 6.07) is 5.56. The van der Waals surface area contributed by atoms with Crippen LogP contribution in [0, 0.1) is 0 Å². The zero-order valence-electron chi connectivity index (χ0n) is 8.43. The number of likely N-dealkylation sites (N-methyl/N-ethyl adjacent to an activating group) is 1. The van der Waals surface area contributed by atoms with Gasteiger partial charge in [-0.25, -0.2) is 12.7 Å². The quantitative estimate of drug-likeness (QED) is 0.733. The molecule has 0 saturated carbocycles. The van der Waals surface area contributed by atoms with Crippen molar-refractivity contribution in [3.05, 3.63) is 30.1 Å². The molecule has 15 heavy (non-hydrogen) atoms.